The Hall–Kier alpha value is -1.68. The number of methoxy groups -OCH3 is 1. The van der Waals surface area contributed by atoms with E-state index in [4.69, 9.17) is 4.74 Å². The highest BCUT2D eigenvalue weighted by Gasteiger charge is 2.04. The molecule has 4 nitrogen and oxygen atoms in total. The number of aromatic nitrogens is 2. The van der Waals surface area contributed by atoms with Gasteiger partial charge in [0.25, 0.3) is 5.56 Å². The Labute approximate surface area is 86.9 Å². The van der Waals surface area contributed by atoms with E-state index in [2.05, 4.69) is 10.2 Å². The molecular weight excluding hydrogens is 192 g/mol. The van der Waals surface area contributed by atoms with Crippen LogP contribution in [0.4, 0.5) is 0 Å². The number of nitrogens with one attached hydrogen (secondary N) is 1. The maximum Gasteiger partial charge on any atom is 0.272 e. The first kappa shape index (κ1) is 9.86. The zero-order valence-electron chi connectivity index (χ0n) is 8.49. The summed E-state index contributed by atoms with van der Waals surface area (Å²) >= 11 is 0. The fourth-order valence-electron chi connectivity index (χ4n) is 1.56. The van der Waals surface area contributed by atoms with E-state index in [0.717, 1.165) is 11.1 Å². The van der Waals surface area contributed by atoms with Crippen molar-refractivity contribution in [3.8, 4) is 0 Å². The van der Waals surface area contributed by atoms with Crippen LogP contribution in [0.3, 0.4) is 0 Å². The summed E-state index contributed by atoms with van der Waals surface area (Å²) in [5.74, 6) is 0. The van der Waals surface area contributed by atoms with Gasteiger partial charge < -0.3 is 4.74 Å². The molecule has 0 radical (unpaired) electrons. The molecule has 0 saturated heterocycles. The number of hydrogen-bond acceptors (Lipinski definition) is 3. The van der Waals surface area contributed by atoms with Crippen molar-refractivity contribution in [2.45, 2.75) is 6.42 Å². The predicted molar refractivity (Wildman–Crippen MR) is 57.9 cm³/mol. The number of benzene rings is 1. The summed E-state index contributed by atoms with van der Waals surface area (Å²) in [6.07, 6.45) is 0.702. The van der Waals surface area contributed by atoms with E-state index in [0.29, 0.717) is 18.4 Å². The second-order valence-corrected chi connectivity index (χ2v) is 3.29. The summed E-state index contributed by atoms with van der Waals surface area (Å²) in [6, 6.07) is 7.45. The van der Waals surface area contributed by atoms with Gasteiger partial charge in [-0.3, -0.25) is 4.79 Å². The quantitative estimate of drug-likeness (QED) is 0.814. The molecule has 0 unspecified atom stereocenters. The molecule has 1 N–H and O–H groups in total. The second kappa shape index (κ2) is 4.23. The van der Waals surface area contributed by atoms with E-state index >= 15 is 0 Å². The lowest BCUT2D eigenvalue weighted by Gasteiger charge is -2.03. The molecule has 1 heterocycles. The Bertz CT molecular complexity index is 519. The number of aromatic amines is 1. The summed E-state index contributed by atoms with van der Waals surface area (Å²) in [5.41, 5.74) is 0.721. The van der Waals surface area contributed by atoms with Crippen molar-refractivity contribution in [3.63, 3.8) is 0 Å². The van der Waals surface area contributed by atoms with E-state index in [1.807, 2.05) is 18.2 Å². The maximum atomic E-state index is 11.5. The standard InChI is InChI=1S/C11H12N2O2/c1-15-7-6-10-8-4-2-3-5-9(8)11(14)13-12-10/h2-5H,6-7H2,1H3,(H,13,14). The third-order valence-corrected chi connectivity index (χ3v) is 2.32. The summed E-state index contributed by atoms with van der Waals surface area (Å²) in [5, 5.41) is 8.10. The Morgan fingerprint density at radius 1 is 1.33 bits per heavy atom. The lowest BCUT2D eigenvalue weighted by atomic mass is 10.1. The number of H-pyrrole nitrogens is 1. The Morgan fingerprint density at radius 2 is 2.07 bits per heavy atom. The van der Waals surface area contributed by atoms with Gasteiger partial charge in [0, 0.05) is 18.9 Å². The van der Waals surface area contributed by atoms with Gasteiger partial charge in [-0.25, -0.2) is 5.10 Å². The lowest BCUT2D eigenvalue weighted by molar-refractivity contribution is 0.201. The van der Waals surface area contributed by atoms with Gasteiger partial charge in [0.2, 0.25) is 0 Å². The molecule has 0 saturated carbocycles. The van der Waals surface area contributed by atoms with Crippen LogP contribution in [-0.2, 0) is 11.2 Å². The van der Waals surface area contributed by atoms with E-state index in [1.54, 1.807) is 13.2 Å². The normalized spacial score (nSPS) is 10.7. The van der Waals surface area contributed by atoms with Gasteiger partial charge >= 0.3 is 0 Å². The molecule has 78 valence electrons. The molecular formula is C11H12N2O2. The predicted octanol–water partition coefficient (Wildman–Crippen LogP) is 1.11. The van der Waals surface area contributed by atoms with Gasteiger partial charge in [0.1, 0.15) is 0 Å². The average molecular weight is 204 g/mol. The zero-order valence-corrected chi connectivity index (χ0v) is 8.49. The van der Waals surface area contributed by atoms with Crippen LogP contribution in [0.1, 0.15) is 5.69 Å². The molecule has 1 aromatic carbocycles. The van der Waals surface area contributed by atoms with Crippen molar-refractivity contribution in [3.05, 3.63) is 40.3 Å². The molecule has 2 rings (SSSR count). The summed E-state index contributed by atoms with van der Waals surface area (Å²) in [7, 11) is 1.65. The third-order valence-electron chi connectivity index (χ3n) is 2.32. The molecule has 0 aliphatic carbocycles. The number of nitrogens with zero attached hydrogens (tertiary/aromatic N) is 1. The van der Waals surface area contributed by atoms with Gasteiger partial charge in [-0.2, -0.15) is 5.10 Å². The van der Waals surface area contributed by atoms with Crippen molar-refractivity contribution in [2.75, 3.05) is 13.7 Å². The molecule has 0 fully saturated rings. The highest BCUT2D eigenvalue weighted by Crippen LogP contribution is 2.12. The highest BCUT2D eigenvalue weighted by atomic mass is 16.5. The van der Waals surface area contributed by atoms with Crippen molar-refractivity contribution >= 4 is 10.8 Å². The fourth-order valence-corrected chi connectivity index (χ4v) is 1.56. The van der Waals surface area contributed by atoms with Crippen LogP contribution in [0.2, 0.25) is 0 Å². The summed E-state index contributed by atoms with van der Waals surface area (Å²) < 4.78 is 4.99. The minimum atomic E-state index is -0.147. The maximum absolute atomic E-state index is 11.5. The summed E-state index contributed by atoms with van der Waals surface area (Å²) in [4.78, 5) is 11.5. The van der Waals surface area contributed by atoms with Crippen LogP contribution < -0.4 is 5.56 Å². The van der Waals surface area contributed by atoms with Crippen molar-refractivity contribution in [1.82, 2.24) is 10.2 Å². The van der Waals surface area contributed by atoms with Crippen molar-refractivity contribution in [1.29, 1.82) is 0 Å². The van der Waals surface area contributed by atoms with Gasteiger partial charge in [-0.05, 0) is 6.07 Å². The second-order valence-electron chi connectivity index (χ2n) is 3.29. The molecule has 0 aliphatic heterocycles. The zero-order chi connectivity index (χ0) is 10.7. The van der Waals surface area contributed by atoms with Gasteiger partial charge in [0.05, 0.1) is 17.7 Å². The monoisotopic (exact) mass is 204 g/mol. The molecule has 1 aromatic heterocycles. The fraction of sp³-hybridized carbons (Fsp3) is 0.273. The van der Waals surface area contributed by atoms with E-state index < -0.39 is 0 Å². The van der Waals surface area contributed by atoms with Crippen LogP contribution in [0, 0.1) is 0 Å². The third kappa shape index (κ3) is 1.89. The first-order valence-corrected chi connectivity index (χ1v) is 4.78. The van der Waals surface area contributed by atoms with Crippen LogP contribution in [0.25, 0.3) is 10.8 Å². The Morgan fingerprint density at radius 3 is 2.80 bits per heavy atom. The van der Waals surface area contributed by atoms with Crippen LogP contribution in [0.15, 0.2) is 29.1 Å². The molecule has 0 bridgehead atoms. The van der Waals surface area contributed by atoms with Gasteiger partial charge in [-0.15, -0.1) is 0 Å². The molecule has 15 heavy (non-hydrogen) atoms. The molecule has 2 aromatic rings. The minimum absolute atomic E-state index is 0.147. The van der Waals surface area contributed by atoms with Crippen LogP contribution in [0.5, 0.6) is 0 Å². The van der Waals surface area contributed by atoms with Crippen LogP contribution in [-0.4, -0.2) is 23.9 Å². The van der Waals surface area contributed by atoms with Crippen molar-refractivity contribution < 1.29 is 4.74 Å². The lowest BCUT2D eigenvalue weighted by Crippen LogP contribution is -2.12. The number of hydrogen-bond donors (Lipinski definition) is 1. The largest absolute Gasteiger partial charge is 0.384 e. The number of fused-ring (bicyclic) bond motifs is 1. The number of ether oxygens (including phenoxy) is 1. The first-order valence-electron chi connectivity index (χ1n) is 4.78. The van der Waals surface area contributed by atoms with Gasteiger partial charge in [-0.1, -0.05) is 18.2 Å². The number of rotatable bonds is 3. The molecule has 4 heteroatoms. The average Bonchev–Trinajstić information content (AvgIpc) is 2.29. The molecule has 0 aliphatic rings. The highest BCUT2D eigenvalue weighted by molar-refractivity contribution is 5.83. The minimum Gasteiger partial charge on any atom is -0.384 e. The Balaban J connectivity index is 2.56. The van der Waals surface area contributed by atoms with Crippen molar-refractivity contribution in [2.24, 2.45) is 0 Å². The molecule has 0 atom stereocenters. The Kier molecular flexibility index (Phi) is 2.78. The van der Waals surface area contributed by atoms with E-state index in [-0.39, 0.29) is 5.56 Å². The summed E-state index contributed by atoms with van der Waals surface area (Å²) in [6.45, 7) is 0.600. The first-order chi connectivity index (χ1) is 7.33. The SMILES string of the molecule is COCCc1n[nH]c(=O)c2ccccc12. The van der Waals surface area contributed by atoms with E-state index in [1.165, 1.54) is 0 Å². The molecule has 0 spiro atoms. The smallest absolute Gasteiger partial charge is 0.272 e. The van der Waals surface area contributed by atoms with E-state index in [9.17, 15) is 4.79 Å². The van der Waals surface area contributed by atoms with Crippen LogP contribution >= 0.6 is 0 Å². The van der Waals surface area contributed by atoms with Gasteiger partial charge in [0.15, 0.2) is 0 Å². The molecule has 0 amide bonds. The topological polar surface area (TPSA) is 55.0 Å².